The molecule has 1 saturated heterocycles. The number of urea groups is 1. The maximum Gasteiger partial charge on any atom is 0.416 e. The lowest BCUT2D eigenvalue weighted by Crippen LogP contribution is -2.46. The van der Waals surface area contributed by atoms with E-state index in [1.807, 2.05) is 12.3 Å². The SMILES string of the molecule is O=C(Nc1ccc(C(F)(F)F)cc1)NC1CCN(c2ncnc3[nH]ccc23)CC1. The highest BCUT2D eigenvalue weighted by Crippen LogP contribution is 2.30. The maximum atomic E-state index is 12.6. The van der Waals surface area contributed by atoms with Gasteiger partial charge in [0.15, 0.2) is 0 Å². The number of rotatable bonds is 3. The Morgan fingerprint density at radius 2 is 1.83 bits per heavy atom. The van der Waals surface area contributed by atoms with Crippen molar-refractivity contribution in [3.8, 4) is 0 Å². The Bertz CT molecular complexity index is 993. The monoisotopic (exact) mass is 404 g/mol. The molecule has 3 aromatic rings. The number of piperidine rings is 1. The first kappa shape index (κ1) is 19.0. The topological polar surface area (TPSA) is 85.9 Å². The molecule has 0 bridgehead atoms. The van der Waals surface area contributed by atoms with Crippen molar-refractivity contribution in [2.75, 3.05) is 23.3 Å². The number of amides is 2. The molecule has 0 aliphatic carbocycles. The van der Waals surface area contributed by atoms with Crippen LogP contribution in [0.1, 0.15) is 18.4 Å². The van der Waals surface area contributed by atoms with Gasteiger partial charge in [0.2, 0.25) is 0 Å². The summed E-state index contributed by atoms with van der Waals surface area (Å²) in [7, 11) is 0. The molecule has 1 aliphatic heterocycles. The fourth-order valence-electron chi connectivity index (χ4n) is 3.44. The highest BCUT2D eigenvalue weighted by Gasteiger charge is 2.30. The average Bonchev–Trinajstić information content (AvgIpc) is 3.17. The molecule has 152 valence electrons. The van der Waals surface area contributed by atoms with Crippen LogP contribution in [0.2, 0.25) is 0 Å². The second-order valence-electron chi connectivity index (χ2n) is 6.87. The summed E-state index contributed by atoms with van der Waals surface area (Å²) in [6.07, 6.45) is 0.413. The van der Waals surface area contributed by atoms with E-state index in [2.05, 4.69) is 30.5 Å². The zero-order valence-electron chi connectivity index (χ0n) is 15.3. The van der Waals surface area contributed by atoms with Crippen LogP contribution in [0, 0.1) is 0 Å². The van der Waals surface area contributed by atoms with Crippen LogP contribution in [0.3, 0.4) is 0 Å². The number of hydrogen-bond donors (Lipinski definition) is 3. The number of aromatic nitrogens is 3. The van der Waals surface area contributed by atoms with Gasteiger partial charge in [0.25, 0.3) is 0 Å². The maximum absolute atomic E-state index is 12.6. The minimum absolute atomic E-state index is 0.0238. The molecule has 0 radical (unpaired) electrons. The Morgan fingerprint density at radius 1 is 1.10 bits per heavy atom. The Hall–Kier alpha value is -3.30. The van der Waals surface area contributed by atoms with Gasteiger partial charge in [-0.2, -0.15) is 13.2 Å². The van der Waals surface area contributed by atoms with E-state index in [4.69, 9.17) is 0 Å². The number of halogens is 3. The smallest absolute Gasteiger partial charge is 0.356 e. The van der Waals surface area contributed by atoms with E-state index in [-0.39, 0.29) is 6.04 Å². The van der Waals surface area contributed by atoms with Crippen molar-refractivity contribution in [2.45, 2.75) is 25.1 Å². The molecule has 1 aromatic carbocycles. The largest absolute Gasteiger partial charge is 0.416 e. The second kappa shape index (κ2) is 7.61. The van der Waals surface area contributed by atoms with Crippen molar-refractivity contribution < 1.29 is 18.0 Å². The predicted molar refractivity (Wildman–Crippen MR) is 103 cm³/mol. The van der Waals surface area contributed by atoms with Gasteiger partial charge in [-0.05, 0) is 43.2 Å². The molecule has 0 spiro atoms. The highest BCUT2D eigenvalue weighted by molar-refractivity contribution is 5.89. The van der Waals surface area contributed by atoms with E-state index in [0.29, 0.717) is 5.69 Å². The summed E-state index contributed by atoms with van der Waals surface area (Å²) >= 11 is 0. The summed E-state index contributed by atoms with van der Waals surface area (Å²) in [5, 5.41) is 6.41. The molecule has 0 saturated carbocycles. The Morgan fingerprint density at radius 3 is 2.52 bits per heavy atom. The molecule has 2 aromatic heterocycles. The lowest BCUT2D eigenvalue weighted by molar-refractivity contribution is -0.137. The number of aromatic amines is 1. The molecular weight excluding hydrogens is 385 g/mol. The zero-order valence-corrected chi connectivity index (χ0v) is 15.3. The van der Waals surface area contributed by atoms with Crippen molar-refractivity contribution in [3.05, 3.63) is 48.4 Å². The van der Waals surface area contributed by atoms with Gasteiger partial charge in [0, 0.05) is 31.0 Å². The molecule has 1 aliphatic rings. The number of hydrogen-bond acceptors (Lipinski definition) is 4. The molecule has 3 heterocycles. The van der Waals surface area contributed by atoms with Crippen LogP contribution < -0.4 is 15.5 Å². The van der Waals surface area contributed by atoms with Crippen LogP contribution in [0.15, 0.2) is 42.9 Å². The van der Waals surface area contributed by atoms with Crippen molar-refractivity contribution in [2.24, 2.45) is 0 Å². The molecule has 3 N–H and O–H groups in total. The molecule has 0 atom stereocenters. The van der Waals surface area contributed by atoms with Gasteiger partial charge in [-0.3, -0.25) is 0 Å². The number of H-pyrrole nitrogens is 1. The predicted octanol–water partition coefficient (Wildman–Crippen LogP) is 3.77. The molecular formula is C19H19F3N6O. The Labute approximate surface area is 164 Å². The summed E-state index contributed by atoms with van der Waals surface area (Å²) in [5.41, 5.74) is 0.340. The van der Waals surface area contributed by atoms with Crippen molar-refractivity contribution in [3.63, 3.8) is 0 Å². The molecule has 29 heavy (non-hydrogen) atoms. The van der Waals surface area contributed by atoms with Crippen LogP contribution in [0.4, 0.5) is 29.5 Å². The van der Waals surface area contributed by atoms with Gasteiger partial charge in [0.1, 0.15) is 17.8 Å². The Balaban J connectivity index is 1.30. The minimum Gasteiger partial charge on any atom is -0.356 e. The van der Waals surface area contributed by atoms with Gasteiger partial charge in [-0.15, -0.1) is 0 Å². The van der Waals surface area contributed by atoms with Gasteiger partial charge in [-0.1, -0.05) is 0 Å². The summed E-state index contributed by atoms with van der Waals surface area (Å²) in [6.45, 7) is 1.45. The highest BCUT2D eigenvalue weighted by atomic mass is 19.4. The standard InChI is InChI=1S/C19H19F3N6O/c20-19(21,22)12-1-3-13(4-2-12)26-18(29)27-14-6-9-28(10-7-14)17-15-5-8-23-16(15)24-11-25-17/h1-5,8,11,14H,6-7,9-10H2,(H,23,24,25)(H2,26,27,29). The first-order valence-corrected chi connectivity index (χ1v) is 9.18. The number of alkyl halides is 3. The first-order valence-electron chi connectivity index (χ1n) is 9.18. The average molecular weight is 404 g/mol. The summed E-state index contributed by atoms with van der Waals surface area (Å²) in [4.78, 5) is 26.0. The molecule has 10 heteroatoms. The van der Waals surface area contributed by atoms with Gasteiger partial charge in [-0.25, -0.2) is 14.8 Å². The van der Waals surface area contributed by atoms with Crippen molar-refractivity contribution in [1.82, 2.24) is 20.3 Å². The van der Waals surface area contributed by atoms with Crippen molar-refractivity contribution >= 4 is 28.6 Å². The molecule has 7 nitrogen and oxygen atoms in total. The van der Waals surface area contributed by atoms with E-state index in [1.54, 1.807) is 0 Å². The minimum atomic E-state index is -4.40. The summed E-state index contributed by atoms with van der Waals surface area (Å²) < 4.78 is 37.8. The van der Waals surface area contributed by atoms with Gasteiger partial charge in [0.05, 0.1) is 10.9 Å². The van der Waals surface area contributed by atoms with Crippen LogP contribution in [-0.2, 0) is 6.18 Å². The van der Waals surface area contributed by atoms with E-state index in [1.165, 1.54) is 18.5 Å². The van der Waals surface area contributed by atoms with Crippen LogP contribution in [-0.4, -0.2) is 40.1 Å². The first-order chi connectivity index (χ1) is 13.9. The number of nitrogens with zero attached hydrogens (tertiary/aromatic N) is 3. The van der Waals surface area contributed by atoms with Crippen molar-refractivity contribution in [1.29, 1.82) is 0 Å². The lowest BCUT2D eigenvalue weighted by Gasteiger charge is -2.33. The number of carbonyl (C=O) groups excluding carboxylic acids is 1. The quantitative estimate of drug-likeness (QED) is 0.620. The van der Waals surface area contributed by atoms with E-state index < -0.39 is 17.8 Å². The van der Waals surface area contributed by atoms with E-state index in [9.17, 15) is 18.0 Å². The lowest BCUT2D eigenvalue weighted by atomic mass is 10.0. The zero-order chi connectivity index (χ0) is 20.4. The molecule has 1 fully saturated rings. The Kier molecular flexibility index (Phi) is 4.99. The third kappa shape index (κ3) is 4.25. The number of fused-ring (bicyclic) bond motifs is 1. The van der Waals surface area contributed by atoms with Crippen LogP contribution in [0.5, 0.6) is 0 Å². The van der Waals surface area contributed by atoms with E-state index >= 15 is 0 Å². The third-order valence-electron chi connectivity index (χ3n) is 4.93. The van der Waals surface area contributed by atoms with E-state index in [0.717, 1.165) is 54.9 Å². The fraction of sp³-hybridized carbons (Fsp3) is 0.316. The van der Waals surface area contributed by atoms with Gasteiger partial charge < -0.3 is 20.5 Å². The number of anilines is 2. The summed E-state index contributed by atoms with van der Waals surface area (Å²) in [6, 6.07) is 5.84. The number of nitrogens with one attached hydrogen (secondary N) is 3. The molecule has 2 amide bonds. The summed E-state index contributed by atoms with van der Waals surface area (Å²) in [5.74, 6) is 0.865. The molecule has 4 rings (SSSR count). The normalized spacial score (nSPS) is 15.5. The number of benzene rings is 1. The van der Waals surface area contributed by atoms with Gasteiger partial charge >= 0.3 is 12.2 Å². The third-order valence-corrected chi connectivity index (χ3v) is 4.93. The molecule has 0 unspecified atom stereocenters. The van der Waals surface area contributed by atoms with Crippen LogP contribution >= 0.6 is 0 Å². The number of carbonyl (C=O) groups is 1. The fourth-order valence-corrected chi connectivity index (χ4v) is 3.44. The second-order valence-corrected chi connectivity index (χ2v) is 6.87. The van der Waals surface area contributed by atoms with Crippen LogP contribution in [0.25, 0.3) is 11.0 Å².